The second kappa shape index (κ2) is 8.04. The van der Waals surface area contributed by atoms with E-state index < -0.39 is 17.6 Å². The van der Waals surface area contributed by atoms with Gasteiger partial charge in [-0.3, -0.25) is 9.69 Å². The summed E-state index contributed by atoms with van der Waals surface area (Å²) in [5.41, 5.74) is -0.158. The normalized spacial score (nSPS) is 17.0. The van der Waals surface area contributed by atoms with Crippen LogP contribution in [0.25, 0.3) is 10.2 Å². The number of halogens is 4. The van der Waals surface area contributed by atoms with Gasteiger partial charge in [0.15, 0.2) is 5.13 Å². The Labute approximate surface area is 177 Å². The molecule has 0 spiro atoms. The SMILES string of the molecule is O=C(c1cccc(C(F)(F)F)c1)N(CC1CCCO1)c1nc2ccc(Br)cc2s1. The average molecular weight is 485 g/mol. The number of hydrogen-bond acceptors (Lipinski definition) is 4. The molecule has 0 bridgehead atoms. The number of benzene rings is 2. The van der Waals surface area contributed by atoms with E-state index in [-0.39, 0.29) is 18.2 Å². The van der Waals surface area contributed by atoms with Crippen LogP contribution in [0.5, 0.6) is 0 Å². The summed E-state index contributed by atoms with van der Waals surface area (Å²) in [6, 6.07) is 10.1. The quantitative estimate of drug-likeness (QED) is 0.462. The van der Waals surface area contributed by atoms with Gasteiger partial charge < -0.3 is 4.74 Å². The number of rotatable bonds is 4. The lowest BCUT2D eigenvalue weighted by Crippen LogP contribution is -2.37. The standard InChI is InChI=1S/C20H16BrF3N2O2S/c21-14-6-7-16-17(10-14)29-19(25-16)26(11-15-5-2-8-28-15)18(27)12-3-1-4-13(9-12)20(22,23)24/h1,3-4,6-7,9-10,15H,2,5,8,11H2. The first kappa shape index (κ1) is 20.3. The highest BCUT2D eigenvalue weighted by molar-refractivity contribution is 9.10. The summed E-state index contributed by atoms with van der Waals surface area (Å²) < 4.78 is 46.7. The Morgan fingerprint density at radius 3 is 2.83 bits per heavy atom. The first-order chi connectivity index (χ1) is 13.8. The van der Waals surface area contributed by atoms with Crippen molar-refractivity contribution < 1.29 is 22.7 Å². The predicted octanol–water partition coefficient (Wildman–Crippen LogP) is 5.90. The fourth-order valence-corrected chi connectivity index (χ4v) is 4.75. The van der Waals surface area contributed by atoms with E-state index in [1.54, 1.807) is 0 Å². The van der Waals surface area contributed by atoms with Crippen molar-refractivity contribution in [3.8, 4) is 0 Å². The third-order valence-electron chi connectivity index (χ3n) is 4.66. The van der Waals surface area contributed by atoms with Crippen molar-refractivity contribution in [1.29, 1.82) is 0 Å². The van der Waals surface area contributed by atoms with Gasteiger partial charge in [-0.25, -0.2) is 4.98 Å². The van der Waals surface area contributed by atoms with Crippen LogP contribution in [-0.4, -0.2) is 30.1 Å². The van der Waals surface area contributed by atoms with Crippen molar-refractivity contribution in [2.24, 2.45) is 0 Å². The molecule has 1 aliphatic rings. The second-order valence-corrected chi connectivity index (χ2v) is 8.66. The Bertz CT molecular complexity index is 1050. The van der Waals surface area contributed by atoms with E-state index >= 15 is 0 Å². The minimum atomic E-state index is -4.52. The van der Waals surface area contributed by atoms with Gasteiger partial charge in [0.05, 0.1) is 28.4 Å². The highest BCUT2D eigenvalue weighted by Crippen LogP contribution is 2.34. The molecule has 2 heterocycles. The molecule has 1 aromatic heterocycles. The first-order valence-electron chi connectivity index (χ1n) is 8.98. The van der Waals surface area contributed by atoms with Crippen LogP contribution in [0.2, 0.25) is 0 Å². The van der Waals surface area contributed by atoms with Crippen molar-refractivity contribution in [1.82, 2.24) is 4.98 Å². The maximum atomic E-state index is 13.2. The molecule has 1 unspecified atom stereocenters. The lowest BCUT2D eigenvalue weighted by molar-refractivity contribution is -0.137. The van der Waals surface area contributed by atoms with E-state index in [0.717, 1.165) is 39.7 Å². The Balaban J connectivity index is 1.72. The molecule has 1 atom stereocenters. The van der Waals surface area contributed by atoms with Gasteiger partial charge in [0, 0.05) is 16.6 Å². The summed E-state index contributed by atoms with van der Waals surface area (Å²) in [5, 5.41) is 0.441. The van der Waals surface area contributed by atoms with Crippen LogP contribution in [0, 0.1) is 0 Å². The van der Waals surface area contributed by atoms with Gasteiger partial charge in [0.2, 0.25) is 0 Å². The summed E-state index contributed by atoms with van der Waals surface area (Å²) >= 11 is 4.74. The number of ether oxygens (including phenoxy) is 1. The zero-order chi connectivity index (χ0) is 20.6. The summed E-state index contributed by atoms with van der Waals surface area (Å²) in [7, 11) is 0. The molecular formula is C20H16BrF3N2O2S. The molecule has 3 aromatic rings. The highest BCUT2D eigenvalue weighted by Gasteiger charge is 2.32. The number of fused-ring (bicyclic) bond motifs is 1. The molecule has 1 fully saturated rings. The van der Waals surface area contributed by atoms with Gasteiger partial charge in [-0.05, 0) is 49.2 Å². The fourth-order valence-electron chi connectivity index (χ4n) is 3.23. The van der Waals surface area contributed by atoms with Gasteiger partial charge in [-0.1, -0.05) is 33.3 Å². The van der Waals surface area contributed by atoms with Crippen molar-refractivity contribution >= 4 is 48.5 Å². The molecule has 4 nitrogen and oxygen atoms in total. The third-order valence-corrected chi connectivity index (χ3v) is 6.20. The van der Waals surface area contributed by atoms with Crippen LogP contribution in [-0.2, 0) is 10.9 Å². The topological polar surface area (TPSA) is 42.4 Å². The molecule has 1 aliphatic heterocycles. The van der Waals surface area contributed by atoms with E-state index in [1.165, 1.54) is 28.4 Å². The summed E-state index contributed by atoms with van der Waals surface area (Å²) in [4.78, 5) is 19.2. The largest absolute Gasteiger partial charge is 0.416 e. The second-order valence-electron chi connectivity index (χ2n) is 6.74. The van der Waals surface area contributed by atoms with E-state index in [1.807, 2.05) is 18.2 Å². The minimum Gasteiger partial charge on any atom is -0.376 e. The van der Waals surface area contributed by atoms with Crippen LogP contribution >= 0.6 is 27.3 Å². The van der Waals surface area contributed by atoms with Crippen LogP contribution in [0.4, 0.5) is 18.3 Å². The minimum absolute atomic E-state index is 0.0294. The first-order valence-corrected chi connectivity index (χ1v) is 10.6. The Morgan fingerprint density at radius 2 is 2.10 bits per heavy atom. The maximum absolute atomic E-state index is 13.2. The van der Waals surface area contributed by atoms with Gasteiger partial charge >= 0.3 is 6.18 Å². The molecule has 9 heteroatoms. The van der Waals surface area contributed by atoms with Crippen molar-refractivity contribution in [3.63, 3.8) is 0 Å². The van der Waals surface area contributed by atoms with Gasteiger partial charge in [-0.15, -0.1) is 0 Å². The number of thiazole rings is 1. The van der Waals surface area contributed by atoms with Crippen LogP contribution < -0.4 is 4.90 Å². The smallest absolute Gasteiger partial charge is 0.376 e. The van der Waals surface area contributed by atoms with Crippen molar-refractivity contribution in [2.45, 2.75) is 25.1 Å². The predicted molar refractivity (Wildman–Crippen MR) is 109 cm³/mol. The Hall–Kier alpha value is -1.97. The Kier molecular flexibility index (Phi) is 5.63. The Morgan fingerprint density at radius 1 is 1.28 bits per heavy atom. The number of alkyl halides is 3. The van der Waals surface area contributed by atoms with Crippen LogP contribution in [0.1, 0.15) is 28.8 Å². The number of hydrogen-bond donors (Lipinski definition) is 0. The number of nitrogens with zero attached hydrogens (tertiary/aromatic N) is 2. The number of anilines is 1. The van der Waals surface area contributed by atoms with Crippen LogP contribution in [0.15, 0.2) is 46.9 Å². The van der Waals surface area contributed by atoms with Gasteiger partial charge in [0.1, 0.15) is 0 Å². The summed E-state index contributed by atoms with van der Waals surface area (Å²) in [6.45, 7) is 0.860. The van der Waals surface area contributed by atoms with Gasteiger partial charge in [-0.2, -0.15) is 13.2 Å². The molecule has 0 aliphatic carbocycles. The van der Waals surface area contributed by atoms with E-state index in [2.05, 4.69) is 20.9 Å². The number of carbonyl (C=O) groups is 1. The molecule has 1 amide bonds. The van der Waals surface area contributed by atoms with E-state index in [4.69, 9.17) is 4.74 Å². The zero-order valence-corrected chi connectivity index (χ0v) is 17.5. The number of amides is 1. The fraction of sp³-hybridized carbons (Fsp3) is 0.300. The van der Waals surface area contributed by atoms with Gasteiger partial charge in [0.25, 0.3) is 5.91 Å². The summed E-state index contributed by atoms with van der Waals surface area (Å²) in [6.07, 6.45) is -2.99. The van der Waals surface area contributed by atoms with E-state index in [0.29, 0.717) is 11.7 Å². The monoisotopic (exact) mass is 484 g/mol. The molecule has 0 radical (unpaired) electrons. The molecule has 4 rings (SSSR count). The maximum Gasteiger partial charge on any atom is 0.416 e. The number of carbonyl (C=O) groups excluding carboxylic acids is 1. The third kappa shape index (κ3) is 4.46. The average Bonchev–Trinajstić information content (AvgIpc) is 3.34. The van der Waals surface area contributed by atoms with Crippen LogP contribution in [0.3, 0.4) is 0 Å². The lowest BCUT2D eigenvalue weighted by Gasteiger charge is -2.23. The van der Waals surface area contributed by atoms with Crippen molar-refractivity contribution in [2.75, 3.05) is 18.1 Å². The summed E-state index contributed by atoms with van der Waals surface area (Å²) in [5.74, 6) is -0.523. The lowest BCUT2D eigenvalue weighted by atomic mass is 10.1. The zero-order valence-electron chi connectivity index (χ0n) is 15.1. The molecule has 1 saturated heterocycles. The molecule has 152 valence electrons. The molecule has 29 heavy (non-hydrogen) atoms. The molecule has 0 saturated carbocycles. The van der Waals surface area contributed by atoms with Crippen molar-refractivity contribution in [3.05, 3.63) is 58.1 Å². The van der Waals surface area contributed by atoms with E-state index in [9.17, 15) is 18.0 Å². The molecule has 0 N–H and O–H groups in total. The highest BCUT2D eigenvalue weighted by atomic mass is 79.9. The molecular weight excluding hydrogens is 469 g/mol. The number of aromatic nitrogens is 1. The molecule has 2 aromatic carbocycles.